The highest BCUT2D eigenvalue weighted by Gasteiger charge is 2.35. The molecule has 0 bridgehead atoms. The van der Waals surface area contributed by atoms with Crippen LogP contribution >= 0.6 is 11.3 Å². The van der Waals surface area contributed by atoms with Crippen LogP contribution in [0, 0.1) is 12.7 Å². The first-order chi connectivity index (χ1) is 19.6. The number of aromatic nitrogens is 4. The fraction of sp³-hybridized carbons (Fsp3) is 0.345. The van der Waals surface area contributed by atoms with Crippen LogP contribution in [-0.4, -0.2) is 32.8 Å². The number of methoxy groups -OCH3 is 1. The van der Waals surface area contributed by atoms with E-state index >= 15 is 0 Å². The fourth-order valence-corrected chi connectivity index (χ4v) is 6.29. The van der Waals surface area contributed by atoms with E-state index in [-0.39, 0.29) is 34.7 Å². The molecule has 3 heterocycles. The van der Waals surface area contributed by atoms with E-state index in [0.29, 0.717) is 41.7 Å². The van der Waals surface area contributed by atoms with Crippen LogP contribution in [0.15, 0.2) is 52.9 Å². The van der Waals surface area contributed by atoms with Crippen LogP contribution in [0.2, 0.25) is 0 Å². The van der Waals surface area contributed by atoms with Crippen molar-refractivity contribution < 1.29 is 27.1 Å². The average Bonchev–Trinajstić information content (AvgIpc) is 3.44. The first kappa shape index (κ1) is 28.6. The molecule has 5 rings (SSSR count). The fourth-order valence-electron chi connectivity index (χ4n) is 5.56. The van der Waals surface area contributed by atoms with Crippen LogP contribution in [0.5, 0.6) is 0 Å². The quantitative estimate of drug-likeness (QED) is 0.189. The summed E-state index contributed by atoms with van der Waals surface area (Å²) in [6.45, 7) is 1.35. The maximum atomic E-state index is 14.6. The Morgan fingerprint density at radius 1 is 1.10 bits per heavy atom. The number of pyridine rings is 1. The van der Waals surface area contributed by atoms with Crippen LogP contribution in [0.1, 0.15) is 76.0 Å². The first-order valence-corrected chi connectivity index (χ1v) is 13.9. The lowest BCUT2D eigenvalue weighted by atomic mass is 9.75. The van der Waals surface area contributed by atoms with Crippen LogP contribution in [0.25, 0.3) is 10.6 Å². The molecule has 0 spiro atoms. The summed E-state index contributed by atoms with van der Waals surface area (Å²) in [7, 11) is 1.21. The van der Waals surface area contributed by atoms with Gasteiger partial charge in [-0.3, -0.25) is 9.78 Å². The smallest absolute Gasteiger partial charge is 0.418 e. The van der Waals surface area contributed by atoms with E-state index in [1.165, 1.54) is 30.9 Å². The molecule has 1 aromatic carbocycles. The van der Waals surface area contributed by atoms with Gasteiger partial charge < -0.3 is 4.74 Å². The Hall–Kier alpha value is -3.93. The summed E-state index contributed by atoms with van der Waals surface area (Å²) >= 11 is 1.10. The lowest BCUT2D eigenvalue weighted by Gasteiger charge is -2.30. The summed E-state index contributed by atoms with van der Waals surface area (Å²) < 4.78 is 61.6. The molecule has 1 aliphatic carbocycles. The predicted molar refractivity (Wildman–Crippen MR) is 144 cm³/mol. The largest absolute Gasteiger partial charge is 0.464 e. The molecule has 0 radical (unpaired) electrons. The Bertz CT molecular complexity index is 1620. The number of hydrogen-bond donors (Lipinski definition) is 0. The predicted octanol–water partition coefficient (Wildman–Crippen LogP) is 6.50. The minimum Gasteiger partial charge on any atom is -0.464 e. The van der Waals surface area contributed by atoms with Crippen LogP contribution in [0.3, 0.4) is 0 Å². The lowest BCUT2D eigenvalue weighted by molar-refractivity contribution is -0.138. The molecule has 0 N–H and O–H groups in total. The summed E-state index contributed by atoms with van der Waals surface area (Å²) in [5.74, 6) is -1.20. The molecule has 0 amide bonds. The zero-order valence-corrected chi connectivity index (χ0v) is 23.1. The van der Waals surface area contributed by atoms with Gasteiger partial charge in [-0.15, -0.1) is 11.3 Å². The number of carbonyl (C=O) groups excluding carboxylic acids is 1. The maximum Gasteiger partial charge on any atom is 0.418 e. The normalized spacial score (nSPS) is 17.4. The van der Waals surface area contributed by atoms with Gasteiger partial charge in [-0.1, -0.05) is 12.1 Å². The van der Waals surface area contributed by atoms with Crippen molar-refractivity contribution in [2.45, 2.75) is 57.2 Å². The molecule has 1 fully saturated rings. The van der Waals surface area contributed by atoms with Gasteiger partial charge in [-0.05, 0) is 79.8 Å². The van der Waals surface area contributed by atoms with Gasteiger partial charge in [0.25, 0.3) is 5.56 Å². The highest BCUT2D eigenvalue weighted by atomic mass is 32.1. The SMILES string of the molecule is COC(=O)c1ncsc1-c1cc(C2CCC(c3c(C)cccc3F)CC2)c(=O)n(Cc2ncccc2C(F)(F)F)n1. The molecule has 0 saturated heterocycles. The average molecular weight is 587 g/mol. The number of hydrogen-bond acceptors (Lipinski definition) is 7. The number of thiazole rings is 1. The van der Waals surface area contributed by atoms with Gasteiger partial charge in [0.1, 0.15) is 11.5 Å². The number of halogens is 4. The maximum absolute atomic E-state index is 14.6. The number of nitrogens with zero attached hydrogens (tertiary/aromatic N) is 4. The third-order valence-corrected chi connectivity index (χ3v) is 8.37. The third kappa shape index (κ3) is 5.79. The molecule has 12 heteroatoms. The molecule has 0 unspecified atom stereocenters. The molecule has 0 atom stereocenters. The summed E-state index contributed by atoms with van der Waals surface area (Å²) in [4.78, 5) is 34.4. The molecule has 1 saturated carbocycles. The minimum absolute atomic E-state index is 0.00583. The van der Waals surface area contributed by atoms with Crippen molar-refractivity contribution >= 4 is 17.3 Å². The van der Waals surface area contributed by atoms with E-state index in [9.17, 15) is 27.2 Å². The Labute approximate surface area is 236 Å². The number of ether oxygens (including phenoxy) is 1. The Balaban J connectivity index is 1.55. The number of alkyl halides is 3. The van der Waals surface area contributed by atoms with Gasteiger partial charge in [0.05, 0.1) is 35.3 Å². The van der Waals surface area contributed by atoms with Gasteiger partial charge >= 0.3 is 12.1 Å². The highest BCUT2D eigenvalue weighted by molar-refractivity contribution is 7.13. The van der Waals surface area contributed by atoms with E-state index in [0.717, 1.165) is 27.6 Å². The second-order valence-corrected chi connectivity index (χ2v) is 10.8. The lowest BCUT2D eigenvalue weighted by Crippen LogP contribution is -2.31. The number of esters is 1. The highest BCUT2D eigenvalue weighted by Crippen LogP contribution is 2.42. The second kappa shape index (κ2) is 11.5. The molecule has 214 valence electrons. The summed E-state index contributed by atoms with van der Waals surface area (Å²) in [6.07, 6.45) is -1.04. The van der Waals surface area contributed by atoms with Gasteiger partial charge in [0.15, 0.2) is 5.69 Å². The van der Waals surface area contributed by atoms with Crippen molar-refractivity contribution in [1.29, 1.82) is 0 Å². The molecular formula is C29H26F4N4O3S. The van der Waals surface area contributed by atoms with E-state index < -0.39 is 29.8 Å². The van der Waals surface area contributed by atoms with E-state index in [4.69, 9.17) is 4.74 Å². The summed E-state index contributed by atoms with van der Waals surface area (Å²) in [5.41, 5.74) is 1.71. The number of aryl methyl sites for hydroxylation is 1. The standard InChI is InChI=1S/C29H26F4N4O3S/c1-16-5-3-7-21(30)24(16)18-10-8-17(9-11-18)19-13-22(26-25(28(39)40-2)35-15-41-26)36-37(27(19)38)14-23-20(29(31,32)33)6-4-12-34-23/h3-7,12-13,15,17-18H,8-11,14H2,1-2H3. The summed E-state index contributed by atoms with van der Waals surface area (Å²) in [5, 5.41) is 4.36. The van der Waals surface area contributed by atoms with Crippen molar-refractivity contribution in [3.8, 4) is 10.6 Å². The Morgan fingerprint density at radius 2 is 1.83 bits per heavy atom. The minimum atomic E-state index is -4.67. The number of benzene rings is 1. The zero-order chi connectivity index (χ0) is 29.3. The molecule has 1 aliphatic rings. The van der Waals surface area contributed by atoms with Crippen LogP contribution in [-0.2, 0) is 17.5 Å². The molecule has 0 aliphatic heterocycles. The Kier molecular flexibility index (Phi) is 8.03. The molecule has 7 nitrogen and oxygen atoms in total. The van der Waals surface area contributed by atoms with Crippen molar-refractivity contribution in [3.63, 3.8) is 0 Å². The molecule has 3 aromatic heterocycles. The van der Waals surface area contributed by atoms with E-state index in [1.807, 2.05) is 13.0 Å². The number of carbonyl (C=O) groups is 1. The molecule has 4 aromatic rings. The van der Waals surface area contributed by atoms with Gasteiger partial charge in [-0.25, -0.2) is 18.9 Å². The molecular weight excluding hydrogens is 560 g/mol. The molecule has 41 heavy (non-hydrogen) atoms. The van der Waals surface area contributed by atoms with Crippen molar-refractivity contribution in [2.24, 2.45) is 0 Å². The van der Waals surface area contributed by atoms with E-state index in [1.54, 1.807) is 12.1 Å². The topological polar surface area (TPSA) is 87.0 Å². The monoisotopic (exact) mass is 586 g/mol. The summed E-state index contributed by atoms with van der Waals surface area (Å²) in [6, 6.07) is 8.67. The second-order valence-electron chi connectivity index (χ2n) is 9.98. The third-order valence-electron chi connectivity index (χ3n) is 7.52. The van der Waals surface area contributed by atoms with Gasteiger partial charge in [-0.2, -0.15) is 18.3 Å². The first-order valence-electron chi connectivity index (χ1n) is 13.0. The Morgan fingerprint density at radius 3 is 2.51 bits per heavy atom. The van der Waals surface area contributed by atoms with Crippen LogP contribution < -0.4 is 5.56 Å². The van der Waals surface area contributed by atoms with Gasteiger partial charge in [0, 0.05) is 11.8 Å². The van der Waals surface area contributed by atoms with Crippen molar-refractivity contribution in [3.05, 3.63) is 97.9 Å². The van der Waals surface area contributed by atoms with E-state index in [2.05, 4.69) is 15.1 Å². The van der Waals surface area contributed by atoms with Crippen molar-refractivity contribution in [2.75, 3.05) is 7.11 Å². The van der Waals surface area contributed by atoms with Crippen LogP contribution in [0.4, 0.5) is 17.6 Å². The van der Waals surface area contributed by atoms with Crippen molar-refractivity contribution in [1.82, 2.24) is 19.7 Å². The number of rotatable bonds is 6. The van der Waals surface area contributed by atoms with Gasteiger partial charge in [0.2, 0.25) is 0 Å². The zero-order valence-electron chi connectivity index (χ0n) is 22.2.